The average Bonchev–Trinajstić information content (AvgIpc) is 2.52. The molecule has 1 amide bonds. The van der Waals surface area contributed by atoms with Crippen LogP contribution in [0, 0.1) is 0 Å². The van der Waals surface area contributed by atoms with Gasteiger partial charge in [0.25, 0.3) is 5.91 Å². The van der Waals surface area contributed by atoms with Crippen molar-refractivity contribution >= 4 is 11.7 Å². The number of carbonyl (C=O) groups excluding carboxylic acids is 1. The first-order valence-electron chi connectivity index (χ1n) is 7.78. The lowest BCUT2D eigenvalue weighted by molar-refractivity contribution is 0.0660. The van der Waals surface area contributed by atoms with Gasteiger partial charge in [-0.3, -0.25) is 4.79 Å². The SMILES string of the molecule is CCCNc1ncccc1C(=O)N(C)C1CCN(C)CC1. The predicted molar refractivity (Wildman–Crippen MR) is 85.6 cm³/mol. The van der Waals surface area contributed by atoms with Crippen molar-refractivity contribution in [2.45, 2.75) is 32.2 Å². The van der Waals surface area contributed by atoms with E-state index in [1.807, 2.05) is 24.1 Å². The van der Waals surface area contributed by atoms with E-state index in [4.69, 9.17) is 0 Å². The Hall–Kier alpha value is -1.62. The number of nitrogens with one attached hydrogen (secondary N) is 1. The summed E-state index contributed by atoms with van der Waals surface area (Å²) in [4.78, 5) is 21.3. The van der Waals surface area contributed by atoms with Gasteiger partial charge in [0.2, 0.25) is 0 Å². The maximum Gasteiger partial charge on any atom is 0.257 e. The molecule has 1 aliphatic rings. The molecule has 1 N–H and O–H groups in total. The highest BCUT2D eigenvalue weighted by Crippen LogP contribution is 2.19. The van der Waals surface area contributed by atoms with Gasteiger partial charge >= 0.3 is 0 Å². The third-order valence-corrected chi connectivity index (χ3v) is 4.14. The van der Waals surface area contributed by atoms with E-state index in [0.717, 1.165) is 38.9 Å². The van der Waals surface area contributed by atoms with Crippen LogP contribution in [0.4, 0.5) is 5.82 Å². The molecule has 2 heterocycles. The van der Waals surface area contributed by atoms with Crippen molar-refractivity contribution < 1.29 is 4.79 Å². The van der Waals surface area contributed by atoms with E-state index in [-0.39, 0.29) is 5.91 Å². The summed E-state index contributed by atoms with van der Waals surface area (Å²) in [5.74, 6) is 0.764. The van der Waals surface area contributed by atoms with Crippen molar-refractivity contribution in [1.29, 1.82) is 0 Å². The summed E-state index contributed by atoms with van der Waals surface area (Å²) in [6.45, 7) is 5.03. The zero-order chi connectivity index (χ0) is 15.2. The first-order valence-corrected chi connectivity index (χ1v) is 7.78. The van der Waals surface area contributed by atoms with Gasteiger partial charge in [-0.2, -0.15) is 0 Å². The van der Waals surface area contributed by atoms with Crippen LogP contribution in [-0.4, -0.2) is 60.5 Å². The highest BCUT2D eigenvalue weighted by Gasteiger charge is 2.26. The molecule has 0 bridgehead atoms. The second kappa shape index (κ2) is 7.41. The Morgan fingerprint density at radius 3 is 2.86 bits per heavy atom. The summed E-state index contributed by atoms with van der Waals surface area (Å²) in [7, 11) is 4.04. The summed E-state index contributed by atoms with van der Waals surface area (Å²) in [5, 5.41) is 3.24. The van der Waals surface area contributed by atoms with Crippen LogP contribution in [0.1, 0.15) is 36.5 Å². The molecule has 0 atom stereocenters. The molecule has 0 spiro atoms. The largest absolute Gasteiger partial charge is 0.369 e. The molecule has 0 aliphatic carbocycles. The lowest BCUT2D eigenvalue weighted by Crippen LogP contribution is -2.44. The lowest BCUT2D eigenvalue weighted by atomic mass is 10.0. The number of anilines is 1. The molecule has 21 heavy (non-hydrogen) atoms. The monoisotopic (exact) mass is 290 g/mol. The number of hydrogen-bond donors (Lipinski definition) is 1. The number of likely N-dealkylation sites (tertiary alicyclic amines) is 1. The Balaban J connectivity index is 2.08. The van der Waals surface area contributed by atoms with Gasteiger partial charge in [-0.1, -0.05) is 6.92 Å². The fourth-order valence-electron chi connectivity index (χ4n) is 2.70. The van der Waals surface area contributed by atoms with Crippen LogP contribution in [0.5, 0.6) is 0 Å². The van der Waals surface area contributed by atoms with Crippen molar-refractivity contribution in [1.82, 2.24) is 14.8 Å². The minimum Gasteiger partial charge on any atom is -0.369 e. The zero-order valence-corrected chi connectivity index (χ0v) is 13.3. The van der Waals surface area contributed by atoms with Crippen LogP contribution in [0.15, 0.2) is 18.3 Å². The fourth-order valence-corrected chi connectivity index (χ4v) is 2.70. The van der Waals surface area contributed by atoms with Crippen molar-refractivity contribution in [2.75, 3.05) is 39.0 Å². The summed E-state index contributed by atoms with van der Waals surface area (Å²) in [6, 6.07) is 4.01. The molecular formula is C16H26N4O. The number of piperidine rings is 1. The number of nitrogens with zero attached hydrogens (tertiary/aromatic N) is 3. The van der Waals surface area contributed by atoms with E-state index in [9.17, 15) is 4.79 Å². The summed E-state index contributed by atoms with van der Waals surface area (Å²) in [6.07, 6.45) is 4.81. The van der Waals surface area contributed by atoms with Gasteiger partial charge in [0.05, 0.1) is 5.56 Å². The van der Waals surface area contributed by atoms with E-state index >= 15 is 0 Å². The highest BCUT2D eigenvalue weighted by atomic mass is 16.2. The van der Waals surface area contributed by atoms with Gasteiger partial charge in [-0.05, 0) is 51.5 Å². The van der Waals surface area contributed by atoms with Gasteiger partial charge in [0, 0.05) is 25.8 Å². The predicted octanol–water partition coefficient (Wildman–Crippen LogP) is 2.07. The van der Waals surface area contributed by atoms with Crippen LogP contribution in [-0.2, 0) is 0 Å². The molecule has 5 heteroatoms. The minimum atomic E-state index is 0.0660. The van der Waals surface area contributed by atoms with Crippen LogP contribution >= 0.6 is 0 Å². The highest BCUT2D eigenvalue weighted by molar-refractivity contribution is 5.98. The van der Waals surface area contributed by atoms with E-state index in [1.165, 1.54) is 0 Å². The van der Waals surface area contributed by atoms with Gasteiger partial charge in [-0.15, -0.1) is 0 Å². The van der Waals surface area contributed by atoms with Gasteiger partial charge in [0.1, 0.15) is 5.82 Å². The zero-order valence-electron chi connectivity index (χ0n) is 13.3. The van der Waals surface area contributed by atoms with Crippen LogP contribution < -0.4 is 5.32 Å². The molecule has 1 saturated heterocycles. The number of amides is 1. The molecule has 116 valence electrons. The molecule has 1 fully saturated rings. The van der Waals surface area contributed by atoms with Crippen molar-refractivity contribution in [3.8, 4) is 0 Å². The summed E-state index contributed by atoms with van der Waals surface area (Å²) < 4.78 is 0. The molecule has 1 aromatic heterocycles. The molecule has 0 aromatic carbocycles. The van der Waals surface area contributed by atoms with Crippen molar-refractivity contribution in [2.24, 2.45) is 0 Å². The first kappa shape index (κ1) is 15.8. The quantitative estimate of drug-likeness (QED) is 0.902. The van der Waals surface area contributed by atoms with Gasteiger partial charge in [0.15, 0.2) is 0 Å². The molecule has 0 unspecified atom stereocenters. The van der Waals surface area contributed by atoms with E-state index < -0.39 is 0 Å². The second-order valence-corrected chi connectivity index (χ2v) is 5.78. The smallest absolute Gasteiger partial charge is 0.257 e. The topological polar surface area (TPSA) is 48.5 Å². The molecule has 1 aromatic rings. The van der Waals surface area contributed by atoms with Crippen molar-refractivity contribution in [3.63, 3.8) is 0 Å². The Morgan fingerprint density at radius 2 is 2.19 bits per heavy atom. The standard InChI is InChI=1S/C16H26N4O/c1-4-9-17-15-14(6-5-10-18-15)16(21)20(3)13-7-11-19(2)12-8-13/h5-6,10,13H,4,7-9,11-12H2,1-3H3,(H,17,18). The number of rotatable bonds is 5. The fraction of sp³-hybridized carbons (Fsp3) is 0.625. The molecular weight excluding hydrogens is 264 g/mol. The average molecular weight is 290 g/mol. The third-order valence-electron chi connectivity index (χ3n) is 4.14. The second-order valence-electron chi connectivity index (χ2n) is 5.78. The number of aromatic nitrogens is 1. The van der Waals surface area contributed by atoms with Crippen LogP contribution in [0.25, 0.3) is 0 Å². The number of hydrogen-bond acceptors (Lipinski definition) is 4. The molecule has 5 nitrogen and oxygen atoms in total. The molecule has 0 saturated carbocycles. The van der Waals surface area contributed by atoms with Gasteiger partial charge in [-0.25, -0.2) is 4.98 Å². The summed E-state index contributed by atoms with van der Waals surface area (Å²) >= 11 is 0. The first-order chi connectivity index (χ1) is 10.1. The Morgan fingerprint density at radius 1 is 1.48 bits per heavy atom. The van der Waals surface area contributed by atoms with E-state index in [1.54, 1.807) is 6.20 Å². The van der Waals surface area contributed by atoms with E-state index in [2.05, 4.69) is 29.2 Å². The third kappa shape index (κ3) is 3.94. The molecule has 1 aliphatic heterocycles. The summed E-state index contributed by atoms with van der Waals surface area (Å²) in [5.41, 5.74) is 0.673. The number of pyridine rings is 1. The maximum atomic E-state index is 12.7. The Bertz CT molecular complexity index is 469. The Kier molecular flexibility index (Phi) is 5.56. The normalized spacial score (nSPS) is 16.7. The molecule has 0 radical (unpaired) electrons. The van der Waals surface area contributed by atoms with E-state index in [0.29, 0.717) is 17.4 Å². The molecule has 2 rings (SSSR count). The van der Waals surface area contributed by atoms with Gasteiger partial charge < -0.3 is 15.1 Å². The van der Waals surface area contributed by atoms with Crippen molar-refractivity contribution in [3.05, 3.63) is 23.9 Å². The Labute approximate surface area is 127 Å². The van der Waals surface area contributed by atoms with Crippen LogP contribution in [0.3, 0.4) is 0 Å². The minimum absolute atomic E-state index is 0.0660. The lowest BCUT2D eigenvalue weighted by Gasteiger charge is -2.35. The maximum absolute atomic E-state index is 12.7. The number of carbonyl (C=O) groups is 1. The van der Waals surface area contributed by atoms with Crippen LogP contribution in [0.2, 0.25) is 0 Å².